The number of piperidine rings is 1. The van der Waals surface area contributed by atoms with Crippen molar-refractivity contribution >= 4 is 23.1 Å². The zero-order valence-electron chi connectivity index (χ0n) is 22.6. The van der Waals surface area contributed by atoms with Crippen LogP contribution in [0.15, 0.2) is 18.2 Å². The van der Waals surface area contributed by atoms with Gasteiger partial charge in [0.15, 0.2) is 5.82 Å². The highest BCUT2D eigenvalue weighted by Crippen LogP contribution is 2.33. The molecule has 0 bridgehead atoms. The molecule has 5 rings (SSSR count). The van der Waals surface area contributed by atoms with Crippen LogP contribution < -0.4 is 9.64 Å². The summed E-state index contributed by atoms with van der Waals surface area (Å²) in [5.41, 5.74) is 0.0657. The lowest BCUT2D eigenvalue weighted by Gasteiger charge is -2.34. The van der Waals surface area contributed by atoms with Gasteiger partial charge in [-0.25, -0.2) is 18.6 Å². The molecule has 0 N–H and O–H groups in total. The molecule has 11 nitrogen and oxygen atoms in total. The summed E-state index contributed by atoms with van der Waals surface area (Å²) < 4.78 is 46.3. The number of aromatic nitrogens is 5. The molecule has 2 aromatic heterocycles. The molecule has 1 aromatic carbocycles. The number of hydrogen-bond acceptors (Lipinski definition) is 9. The summed E-state index contributed by atoms with van der Waals surface area (Å²) in [6.07, 6.45) is -1.83. The summed E-state index contributed by atoms with van der Waals surface area (Å²) >= 11 is 0. The third-order valence-electron chi connectivity index (χ3n) is 6.65. The van der Waals surface area contributed by atoms with E-state index in [4.69, 9.17) is 24.2 Å². The molecule has 2 fully saturated rings. The molecule has 0 spiro atoms. The SMILES string of the molecule is COc1cccc2c1nc(C(F)F)n2-c1nc(C2CCCN(C(=O)OC(C)(C)C)C2)nc(N2CCOCC2)n1. The second-order valence-corrected chi connectivity index (χ2v) is 10.6. The Hall–Kier alpha value is -3.61. The standard InChI is InChI=1S/C26H33F2N7O4/c1-26(2,3)39-25(36)34-10-6-7-16(15-34)21-30-23(33-11-13-38-14-12-33)32-24(31-21)35-17-8-5-9-18(37-4)19(17)29-22(35)20(27)28/h5,8-9,16,20H,6-7,10-15H2,1-4H3. The van der Waals surface area contributed by atoms with Gasteiger partial charge in [-0.2, -0.15) is 15.0 Å². The molecule has 1 unspecified atom stereocenters. The maximum Gasteiger partial charge on any atom is 0.410 e. The zero-order valence-corrected chi connectivity index (χ0v) is 22.6. The zero-order chi connectivity index (χ0) is 27.7. The first-order chi connectivity index (χ1) is 18.6. The molecule has 1 atom stereocenters. The molecule has 4 heterocycles. The number of hydrogen-bond donors (Lipinski definition) is 0. The van der Waals surface area contributed by atoms with Gasteiger partial charge < -0.3 is 24.0 Å². The van der Waals surface area contributed by atoms with E-state index in [9.17, 15) is 13.6 Å². The van der Waals surface area contributed by atoms with Crippen LogP contribution in [0.4, 0.5) is 19.5 Å². The van der Waals surface area contributed by atoms with Crippen LogP contribution in [0.3, 0.4) is 0 Å². The lowest BCUT2D eigenvalue weighted by Crippen LogP contribution is -2.43. The van der Waals surface area contributed by atoms with Gasteiger partial charge in [0.25, 0.3) is 6.43 Å². The lowest BCUT2D eigenvalue weighted by molar-refractivity contribution is 0.0196. The second-order valence-electron chi connectivity index (χ2n) is 10.6. The number of methoxy groups -OCH3 is 1. The first-order valence-corrected chi connectivity index (χ1v) is 13.0. The van der Waals surface area contributed by atoms with E-state index in [1.165, 1.54) is 11.7 Å². The van der Waals surface area contributed by atoms with Crippen LogP contribution in [0.5, 0.6) is 5.75 Å². The van der Waals surface area contributed by atoms with Gasteiger partial charge in [0.05, 0.1) is 25.8 Å². The van der Waals surface area contributed by atoms with Crippen LogP contribution in [-0.4, -0.2) is 87.6 Å². The van der Waals surface area contributed by atoms with Crippen molar-refractivity contribution in [3.05, 3.63) is 29.8 Å². The van der Waals surface area contributed by atoms with Gasteiger partial charge in [-0.3, -0.25) is 4.57 Å². The van der Waals surface area contributed by atoms with Gasteiger partial charge in [-0.05, 0) is 45.7 Å². The summed E-state index contributed by atoms with van der Waals surface area (Å²) in [7, 11) is 1.47. The first kappa shape index (κ1) is 27.0. The number of anilines is 1. The Balaban J connectivity index is 1.60. The van der Waals surface area contributed by atoms with Crippen molar-refractivity contribution in [1.29, 1.82) is 0 Å². The fourth-order valence-corrected chi connectivity index (χ4v) is 4.85. The van der Waals surface area contributed by atoms with Crippen LogP contribution in [0, 0.1) is 0 Å². The number of fused-ring (bicyclic) bond motifs is 1. The maximum atomic E-state index is 14.3. The molecular weight excluding hydrogens is 512 g/mol. The van der Waals surface area contributed by atoms with Crippen molar-refractivity contribution in [2.45, 2.75) is 51.6 Å². The molecule has 2 aliphatic rings. The number of para-hydroxylation sites is 1. The highest BCUT2D eigenvalue weighted by atomic mass is 19.3. The Morgan fingerprint density at radius 2 is 1.82 bits per heavy atom. The Morgan fingerprint density at radius 3 is 2.51 bits per heavy atom. The van der Waals surface area contributed by atoms with Gasteiger partial charge in [-0.1, -0.05) is 6.07 Å². The molecule has 39 heavy (non-hydrogen) atoms. The predicted molar refractivity (Wildman–Crippen MR) is 139 cm³/mol. The van der Waals surface area contributed by atoms with E-state index in [1.54, 1.807) is 23.1 Å². The van der Waals surface area contributed by atoms with Gasteiger partial charge in [0.1, 0.15) is 22.7 Å². The summed E-state index contributed by atoms with van der Waals surface area (Å²) in [5.74, 6) is 0.501. The van der Waals surface area contributed by atoms with Crippen LogP contribution in [0.1, 0.15) is 57.6 Å². The number of nitrogens with zero attached hydrogens (tertiary/aromatic N) is 7. The topological polar surface area (TPSA) is 108 Å². The van der Waals surface area contributed by atoms with Crippen molar-refractivity contribution in [2.24, 2.45) is 0 Å². The largest absolute Gasteiger partial charge is 0.494 e. The number of alkyl halides is 2. The number of amides is 1. The van der Waals surface area contributed by atoms with Crippen LogP contribution in [0.25, 0.3) is 17.0 Å². The Bertz CT molecular complexity index is 1340. The summed E-state index contributed by atoms with van der Waals surface area (Å²) in [6.45, 7) is 8.48. The number of halogens is 2. The molecule has 210 valence electrons. The van der Waals surface area contributed by atoms with E-state index >= 15 is 0 Å². The van der Waals surface area contributed by atoms with Gasteiger partial charge in [-0.15, -0.1) is 0 Å². The minimum atomic E-state index is -2.88. The Kier molecular flexibility index (Phi) is 7.52. The smallest absolute Gasteiger partial charge is 0.410 e. The normalized spacial score (nSPS) is 18.6. The van der Waals surface area contributed by atoms with Crippen LogP contribution in [0.2, 0.25) is 0 Å². The molecule has 0 saturated carbocycles. The van der Waals surface area contributed by atoms with Crippen LogP contribution in [-0.2, 0) is 9.47 Å². The minimum absolute atomic E-state index is 0.0435. The fourth-order valence-electron chi connectivity index (χ4n) is 4.85. The highest BCUT2D eigenvalue weighted by molar-refractivity contribution is 5.84. The number of ether oxygens (including phenoxy) is 3. The molecule has 3 aromatic rings. The number of carbonyl (C=O) groups is 1. The van der Waals surface area contributed by atoms with E-state index in [1.807, 2.05) is 25.7 Å². The average Bonchev–Trinajstić information content (AvgIpc) is 3.33. The minimum Gasteiger partial charge on any atom is -0.494 e. The molecule has 1 amide bonds. The second kappa shape index (κ2) is 10.9. The van der Waals surface area contributed by atoms with Gasteiger partial charge in [0.2, 0.25) is 11.9 Å². The number of benzene rings is 1. The first-order valence-electron chi connectivity index (χ1n) is 13.0. The summed E-state index contributed by atoms with van der Waals surface area (Å²) in [6, 6.07) is 5.05. The fraction of sp³-hybridized carbons (Fsp3) is 0.577. The molecule has 2 aliphatic heterocycles. The molecule has 13 heteroatoms. The Labute approximate surface area is 225 Å². The Morgan fingerprint density at radius 1 is 1.08 bits per heavy atom. The summed E-state index contributed by atoms with van der Waals surface area (Å²) in [5, 5.41) is 0. The third kappa shape index (κ3) is 5.72. The number of imidazole rings is 1. The van der Waals surface area contributed by atoms with Crippen molar-refractivity contribution in [2.75, 3.05) is 51.4 Å². The van der Waals surface area contributed by atoms with E-state index in [0.717, 1.165) is 12.8 Å². The van der Waals surface area contributed by atoms with E-state index < -0.39 is 23.9 Å². The number of rotatable bonds is 5. The van der Waals surface area contributed by atoms with Crippen molar-refractivity contribution < 1.29 is 27.8 Å². The number of carbonyl (C=O) groups excluding carboxylic acids is 1. The van der Waals surface area contributed by atoms with Gasteiger partial charge in [0, 0.05) is 32.1 Å². The molecule has 0 radical (unpaired) electrons. The van der Waals surface area contributed by atoms with Crippen molar-refractivity contribution in [3.8, 4) is 11.7 Å². The monoisotopic (exact) mass is 545 g/mol. The average molecular weight is 546 g/mol. The number of morpholine rings is 1. The predicted octanol–water partition coefficient (Wildman–Crippen LogP) is 4.11. The maximum absolute atomic E-state index is 14.3. The molecule has 0 aliphatic carbocycles. The van der Waals surface area contributed by atoms with E-state index in [2.05, 4.69) is 9.97 Å². The highest BCUT2D eigenvalue weighted by Gasteiger charge is 2.32. The summed E-state index contributed by atoms with van der Waals surface area (Å²) in [4.78, 5) is 34.7. The number of likely N-dealkylation sites (tertiary alicyclic amines) is 1. The van der Waals surface area contributed by atoms with Crippen molar-refractivity contribution in [3.63, 3.8) is 0 Å². The quantitative estimate of drug-likeness (QED) is 0.468. The van der Waals surface area contributed by atoms with E-state index in [0.29, 0.717) is 67.9 Å². The van der Waals surface area contributed by atoms with Crippen LogP contribution >= 0.6 is 0 Å². The van der Waals surface area contributed by atoms with E-state index in [-0.39, 0.29) is 11.9 Å². The van der Waals surface area contributed by atoms with Crippen molar-refractivity contribution in [1.82, 2.24) is 29.4 Å². The van der Waals surface area contributed by atoms with Gasteiger partial charge >= 0.3 is 6.09 Å². The molecule has 2 saturated heterocycles. The lowest BCUT2D eigenvalue weighted by atomic mass is 9.97. The molecular formula is C26H33F2N7O4. The third-order valence-corrected chi connectivity index (χ3v) is 6.65.